The van der Waals surface area contributed by atoms with Crippen LogP contribution in [0.4, 0.5) is 26.3 Å². The van der Waals surface area contributed by atoms with Crippen LogP contribution in [0.3, 0.4) is 0 Å². The van der Waals surface area contributed by atoms with E-state index in [4.69, 9.17) is 13.0 Å². The minimum atomic E-state index is -6.09. The first kappa shape index (κ1) is 19.7. The smallest absolute Gasteiger partial charge is 0.600 e. The Bertz CT molecular complexity index is 803. The Morgan fingerprint density at radius 1 is 1.04 bits per heavy atom. The van der Waals surface area contributed by atoms with Gasteiger partial charge in [0.1, 0.15) is 0 Å². The van der Waals surface area contributed by atoms with Crippen molar-refractivity contribution in [3.8, 4) is 0 Å². The first-order valence-corrected chi connectivity index (χ1v) is 8.40. The van der Waals surface area contributed by atoms with Crippen molar-refractivity contribution < 1.29 is 39.3 Å². The second-order valence-electron chi connectivity index (χ2n) is 4.39. The molecule has 2 rings (SSSR count). The highest BCUT2D eigenvalue weighted by Gasteiger charge is 2.47. The molecule has 0 N–H and O–H groups in total. The van der Waals surface area contributed by atoms with Gasteiger partial charge in [-0.1, -0.05) is 12.1 Å². The van der Waals surface area contributed by atoms with E-state index in [2.05, 4.69) is 0 Å². The zero-order valence-corrected chi connectivity index (χ0v) is 13.3. The van der Waals surface area contributed by atoms with Gasteiger partial charge in [0, 0.05) is 18.4 Å². The molecular weight excluding hydrogens is 370 g/mol. The van der Waals surface area contributed by atoms with Crippen molar-refractivity contribution in [1.82, 2.24) is 0 Å². The summed E-state index contributed by atoms with van der Waals surface area (Å²) >= 11 is 0. The SMILES string of the molecule is Cc1cccc2c1cc(C)[s+]2C(F)(F)F.O=S(=O)([O-])C(F)(F)F. The lowest BCUT2D eigenvalue weighted by Crippen LogP contribution is -2.21. The van der Waals surface area contributed by atoms with Crippen molar-refractivity contribution in [1.29, 1.82) is 0 Å². The number of aryl methyl sites for hydroxylation is 2. The first-order chi connectivity index (χ1) is 10.2. The van der Waals surface area contributed by atoms with Gasteiger partial charge in [-0.3, -0.25) is 0 Å². The predicted molar refractivity (Wildman–Crippen MR) is 73.0 cm³/mol. The van der Waals surface area contributed by atoms with E-state index >= 15 is 0 Å². The molecule has 0 spiro atoms. The molecule has 2 aromatic rings. The largest absolute Gasteiger partial charge is 0.741 e. The van der Waals surface area contributed by atoms with E-state index in [1.165, 1.54) is 0 Å². The number of fused-ring (bicyclic) bond motifs is 1. The maximum Gasteiger partial charge on any atom is 0.600 e. The van der Waals surface area contributed by atoms with E-state index in [-0.39, 0.29) is 0 Å². The summed E-state index contributed by atoms with van der Waals surface area (Å²) in [6, 6.07) is 6.76. The molecule has 130 valence electrons. The molecular formula is C12H10F6O3S2. The molecule has 0 saturated heterocycles. The number of halogens is 6. The van der Waals surface area contributed by atoms with Gasteiger partial charge in [0.15, 0.2) is 19.7 Å². The number of alkyl halides is 6. The molecule has 0 fully saturated rings. The summed E-state index contributed by atoms with van der Waals surface area (Å²) in [5.74, 6) is 0. The Kier molecular flexibility index (Phi) is 5.39. The summed E-state index contributed by atoms with van der Waals surface area (Å²) in [6.45, 7) is 3.39. The standard InChI is InChI=1S/C11H10F3S.CHF3O3S/c1-7-4-3-5-10-9(7)6-8(2)15(10)11(12,13)14;2-1(3,4)8(5,6)7/h3-6H,1-2H3;(H,5,6,7)/q+1;/p-1. The van der Waals surface area contributed by atoms with Crippen molar-refractivity contribution in [2.24, 2.45) is 0 Å². The third-order valence-electron chi connectivity index (χ3n) is 2.69. The van der Waals surface area contributed by atoms with Gasteiger partial charge in [-0.05, 0) is 18.6 Å². The van der Waals surface area contributed by atoms with Crippen LogP contribution in [0.5, 0.6) is 0 Å². The van der Waals surface area contributed by atoms with Crippen LogP contribution in [0.25, 0.3) is 10.1 Å². The average molecular weight is 380 g/mol. The van der Waals surface area contributed by atoms with Crippen LogP contribution in [0, 0.1) is 13.8 Å². The van der Waals surface area contributed by atoms with Gasteiger partial charge in [0.25, 0.3) is 0 Å². The second kappa shape index (κ2) is 6.29. The molecule has 1 heterocycles. The predicted octanol–water partition coefficient (Wildman–Crippen LogP) is 4.73. The van der Waals surface area contributed by atoms with Crippen molar-refractivity contribution >= 4 is 30.7 Å². The van der Waals surface area contributed by atoms with Gasteiger partial charge in [-0.15, -0.1) is 13.2 Å². The number of thiophene rings is 1. The molecule has 0 amide bonds. The molecule has 0 aliphatic heterocycles. The zero-order chi connectivity index (χ0) is 18.2. The normalized spacial score (nSPS) is 13.7. The molecule has 0 radical (unpaired) electrons. The van der Waals surface area contributed by atoms with E-state index in [0.29, 0.717) is 9.58 Å². The Morgan fingerprint density at radius 3 is 1.91 bits per heavy atom. The molecule has 0 aliphatic rings. The summed E-state index contributed by atoms with van der Waals surface area (Å²) in [5.41, 5.74) is -8.89. The molecule has 0 saturated carbocycles. The monoisotopic (exact) mass is 380 g/mol. The number of hydrogen-bond donors (Lipinski definition) is 0. The molecule has 1 unspecified atom stereocenters. The van der Waals surface area contributed by atoms with Gasteiger partial charge in [0.05, 0.1) is 10.5 Å². The van der Waals surface area contributed by atoms with Gasteiger partial charge in [-0.25, -0.2) is 8.42 Å². The quantitative estimate of drug-likeness (QED) is 0.287. The Morgan fingerprint density at radius 2 is 1.52 bits per heavy atom. The average Bonchev–Trinajstić information content (AvgIpc) is 2.64. The van der Waals surface area contributed by atoms with E-state index < -0.39 is 31.6 Å². The molecule has 1 atom stereocenters. The van der Waals surface area contributed by atoms with E-state index in [0.717, 1.165) is 10.9 Å². The van der Waals surface area contributed by atoms with Gasteiger partial charge >= 0.3 is 11.0 Å². The zero-order valence-electron chi connectivity index (χ0n) is 11.6. The summed E-state index contributed by atoms with van der Waals surface area (Å²) in [6.07, 6.45) is 0. The molecule has 0 aliphatic carbocycles. The van der Waals surface area contributed by atoms with Crippen LogP contribution in [0.15, 0.2) is 24.3 Å². The van der Waals surface area contributed by atoms with Gasteiger partial charge < -0.3 is 4.55 Å². The van der Waals surface area contributed by atoms with Crippen LogP contribution >= 0.6 is 10.5 Å². The Balaban J connectivity index is 0.000000284. The summed E-state index contributed by atoms with van der Waals surface area (Å²) in [5, 5.41) is 0.746. The van der Waals surface area contributed by atoms with E-state index in [9.17, 15) is 26.3 Å². The molecule has 1 aromatic carbocycles. The third kappa shape index (κ3) is 4.58. The maximum atomic E-state index is 12.8. The Hall–Kier alpha value is -1.33. The third-order valence-corrected chi connectivity index (χ3v) is 5.28. The highest BCUT2D eigenvalue weighted by molar-refractivity contribution is 7.86. The molecule has 0 bridgehead atoms. The molecule has 11 heteroatoms. The number of benzene rings is 1. The fourth-order valence-electron chi connectivity index (χ4n) is 1.76. The van der Waals surface area contributed by atoms with Crippen molar-refractivity contribution in [3.05, 3.63) is 34.7 Å². The summed E-state index contributed by atoms with van der Waals surface area (Å²) < 4.78 is 97.7. The van der Waals surface area contributed by atoms with Gasteiger partial charge in [0.2, 0.25) is 0 Å². The number of rotatable bonds is 0. The minimum Gasteiger partial charge on any atom is -0.741 e. The fourth-order valence-corrected chi connectivity index (χ4v) is 3.61. The lowest BCUT2D eigenvalue weighted by Gasteiger charge is -2.08. The topological polar surface area (TPSA) is 57.2 Å². The summed E-state index contributed by atoms with van der Waals surface area (Å²) in [4.78, 5) is 0.409. The van der Waals surface area contributed by atoms with Crippen LogP contribution in [0.1, 0.15) is 10.4 Å². The van der Waals surface area contributed by atoms with E-state index in [1.807, 2.05) is 13.0 Å². The fraction of sp³-hybridized carbons (Fsp3) is 0.333. The van der Waals surface area contributed by atoms with Crippen molar-refractivity contribution in [3.63, 3.8) is 0 Å². The molecule has 1 aromatic heterocycles. The lowest BCUT2D eigenvalue weighted by atomic mass is 10.1. The van der Waals surface area contributed by atoms with Crippen molar-refractivity contribution in [2.75, 3.05) is 0 Å². The number of hydrogen-bond acceptors (Lipinski definition) is 3. The van der Waals surface area contributed by atoms with Crippen LogP contribution in [0.2, 0.25) is 0 Å². The first-order valence-electron chi connectivity index (χ1n) is 5.77. The van der Waals surface area contributed by atoms with Crippen LogP contribution in [-0.2, 0) is 15.6 Å². The maximum absolute atomic E-state index is 12.8. The van der Waals surface area contributed by atoms with E-state index in [1.54, 1.807) is 25.1 Å². The van der Waals surface area contributed by atoms with Crippen LogP contribution in [-0.4, -0.2) is 18.5 Å². The molecule has 3 nitrogen and oxygen atoms in total. The highest BCUT2D eigenvalue weighted by Crippen LogP contribution is 2.50. The minimum absolute atomic E-state index is 0.409. The van der Waals surface area contributed by atoms with Gasteiger partial charge in [-0.2, -0.15) is 13.2 Å². The highest BCUT2D eigenvalue weighted by atomic mass is 32.2. The summed E-state index contributed by atoms with van der Waals surface area (Å²) in [7, 11) is -7.80. The molecule has 23 heavy (non-hydrogen) atoms. The van der Waals surface area contributed by atoms with Crippen LogP contribution < -0.4 is 0 Å². The van der Waals surface area contributed by atoms with Crippen molar-refractivity contribution in [2.45, 2.75) is 24.9 Å². The second-order valence-corrected chi connectivity index (χ2v) is 7.92. The Labute approximate surface area is 130 Å². The lowest BCUT2D eigenvalue weighted by molar-refractivity contribution is -0.0867.